The summed E-state index contributed by atoms with van der Waals surface area (Å²) < 4.78 is 20.8. The van der Waals surface area contributed by atoms with Crippen molar-refractivity contribution in [3.8, 4) is 0 Å². The Bertz CT molecular complexity index is 2080. The molecule has 0 radical (unpaired) electrons. The maximum Gasteiger partial charge on any atom is 0.411 e. The SMILES string of the molecule is CCOC(=O)Nc1ccc2c(c1)N(C(=O)CCCN1CCOCC1)c1ccccc1CC2.CCOC(=O)Nc1ccc2c(c1)N(C(=O)CCCN1CCOCC1)c1ccccc1CC2.Cl.O. The first-order valence-electron chi connectivity index (χ1n) is 22.9. The average Bonchev–Trinajstić information content (AvgIpc) is 3.58. The van der Waals surface area contributed by atoms with Gasteiger partial charge < -0.3 is 24.4 Å². The van der Waals surface area contributed by atoms with Crippen LogP contribution in [0.1, 0.15) is 61.8 Å². The molecule has 2 saturated heterocycles. The summed E-state index contributed by atoms with van der Waals surface area (Å²) in [5.41, 5.74) is 9.26. The fraction of sp³-hybridized carbons (Fsp3) is 0.440. The van der Waals surface area contributed by atoms with E-state index in [4.69, 9.17) is 18.9 Å². The number of para-hydroxylation sites is 2. The molecule has 0 atom stereocenters. The van der Waals surface area contributed by atoms with Gasteiger partial charge in [0, 0.05) is 50.4 Å². The number of hydrogen-bond acceptors (Lipinski definition) is 10. The topological polar surface area (TPSA) is 174 Å². The molecule has 0 bridgehead atoms. The van der Waals surface area contributed by atoms with E-state index in [1.54, 1.807) is 13.8 Å². The number of carbonyl (C=O) groups is 4. The molecule has 356 valence electrons. The number of aryl methyl sites for hydroxylation is 4. The van der Waals surface area contributed by atoms with Crippen molar-refractivity contribution in [1.29, 1.82) is 0 Å². The van der Waals surface area contributed by atoms with E-state index in [-0.39, 0.29) is 29.7 Å². The first-order valence-corrected chi connectivity index (χ1v) is 22.9. The van der Waals surface area contributed by atoms with E-state index in [9.17, 15) is 19.2 Å². The predicted octanol–water partition coefficient (Wildman–Crippen LogP) is 7.86. The van der Waals surface area contributed by atoms with Gasteiger partial charge in [0.15, 0.2) is 0 Å². The Labute approximate surface area is 394 Å². The molecule has 4 aliphatic heterocycles. The van der Waals surface area contributed by atoms with E-state index in [2.05, 4.69) is 32.6 Å². The number of amides is 4. The summed E-state index contributed by atoms with van der Waals surface area (Å²) in [6.45, 7) is 12.7. The van der Waals surface area contributed by atoms with Gasteiger partial charge in [0.05, 0.1) is 62.4 Å². The molecule has 4 aromatic carbocycles. The van der Waals surface area contributed by atoms with Crippen molar-refractivity contribution < 1.29 is 43.6 Å². The maximum absolute atomic E-state index is 13.5. The molecule has 0 aromatic heterocycles. The number of benzene rings is 4. The molecule has 15 nitrogen and oxygen atoms in total. The molecule has 16 heteroatoms. The first kappa shape index (κ1) is 51.4. The van der Waals surface area contributed by atoms with Crippen molar-refractivity contribution >= 4 is 70.5 Å². The second-order valence-corrected chi connectivity index (χ2v) is 16.2. The van der Waals surface area contributed by atoms with Crippen LogP contribution in [-0.4, -0.2) is 118 Å². The molecule has 0 spiro atoms. The van der Waals surface area contributed by atoms with Gasteiger partial charge in [-0.2, -0.15) is 0 Å². The largest absolute Gasteiger partial charge is 0.450 e. The Morgan fingerprint density at radius 3 is 1.27 bits per heavy atom. The Hall–Kier alpha value is -5.55. The van der Waals surface area contributed by atoms with Gasteiger partial charge >= 0.3 is 12.2 Å². The summed E-state index contributed by atoms with van der Waals surface area (Å²) in [6.07, 6.45) is 4.93. The number of anilines is 6. The highest BCUT2D eigenvalue weighted by molar-refractivity contribution is 6.04. The van der Waals surface area contributed by atoms with Crippen LogP contribution in [0.4, 0.5) is 43.7 Å². The van der Waals surface area contributed by atoms with Crippen LogP contribution in [0.3, 0.4) is 0 Å². The third-order valence-electron chi connectivity index (χ3n) is 11.9. The Balaban J connectivity index is 0.000000240. The number of ether oxygens (including phenoxy) is 4. The van der Waals surface area contributed by atoms with Crippen LogP contribution in [0, 0.1) is 0 Å². The minimum absolute atomic E-state index is 0. The number of fused-ring (bicyclic) bond motifs is 4. The number of carbonyl (C=O) groups excluding carboxylic acids is 4. The lowest BCUT2D eigenvalue weighted by Crippen LogP contribution is -2.37. The minimum Gasteiger partial charge on any atom is -0.450 e. The van der Waals surface area contributed by atoms with Gasteiger partial charge in [0.1, 0.15) is 0 Å². The summed E-state index contributed by atoms with van der Waals surface area (Å²) >= 11 is 0. The normalized spacial score (nSPS) is 15.5. The second-order valence-electron chi connectivity index (χ2n) is 16.2. The van der Waals surface area contributed by atoms with Crippen molar-refractivity contribution in [3.05, 3.63) is 107 Å². The Morgan fingerprint density at radius 1 is 0.530 bits per heavy atom. The summed E-state index contributed by atoms with van der Waals surface area (Å²) in [6, 6.07) is 27.7. The van der Waals surface area contributed by atoms with Gasteiger partial charge in [-0.15, -0.1) is 12.4 Å². The predicted molar refractivity (Wildman–Crippen MR) is 260 cm³/mol. The highest BCUT2D eigenvalue weighted by Crippen LogP contribution is 2.40. The fourth-order valence-electron chi connectivity index (χ4n) is 8.69. The van der Waals surface area contributed by atoms with Crippen LogP contribution in [0.2, 0.25) is 0 Å². The highest BCUT2D eigenvalue weighted by atomic mass is 35.5. The molecule has 0 aliphatic carbocycles. The number of rotatable bonds is 12. The van der Waals surface area contributed by atoms with Gasteiger partial charge in [-0.25, -0.2) is 9.59 Å². The molecule has 4 heterocycles. The molecule has 66 heavy (non-hydrogen) atoms. The average molecular weight is 930 g/mol. The molecular weight excluding hydrogens is 864 g/mol. The van der Waals surface area contributed by atoms with Crippen LogP contribution in [-0.2, 0) is 54.2 Å². The number of nitrogens with zero attached hydrogens (tertiary/aromatic N) is 4. The third kappa shape index (κ3) is 13.7. The zero-order chi connectivity index (χ0) is 44.7. The maximum atomic E-state index is 13.5. The second kappa shape index (κ2) is 26.0. The van der Waals surface area contributed by atoms with Crippen molar-refractivity contribution in [1.82, 2.24) is 9.80 Å². The molecule has 4 amide bonds. The lowest BCUT2D eigenvalue weighted by Gasteiger charge is -2.28. The van der Waals surface area contributed by atoms with Crippen LogP contribution in [0.5, 0.6) is 0 Å². The molecular formula is C50H65ClN6O9. The van der Waals surface area contributed by atoms with E-state index in [1.165, 1.54) is 0 Å². The molecule has 8 rings (SSSR count). The standard InChI is InChI=1S/2C25H31N3O4.ClH.H2O/c2*1-2-32-25(30)26-21-12-11-20-10-9-19-6-3-4-7-22(19)28(23(20)18-21)24(29)8-5-13-27-14-16-31-17-15-27;;/h2*3-4,6-7,11-12,18H,2,5,8-10,13-17H2,1H3,(H,26,30);1H;1H2. The molecule has 4 aliphatic rings. The van der Waals surface area contributed by atoms with Crippen molar-refractivity contribution in [2.75, 3.05) is 99.3 Å². The summed E-state index contributed by atoms with van der Waals surface area (Å²) in [5, 5.41) is 5.53. The Morgan fingerprint density at radius 2 is 0.894 bits per heavy atom. The van der Waals surface area contributed by atoms with Gasteiger partial charge in [0.2, 0.25) is 11.8 Å². The van der Waals surface area contributed by atoms with Crippen LogP contribution in [0.15, 0.2) is 84.9 Å². The number of hydrogen-bond donors (Lipinski definition) is 2. The van der Waals surface area contributed by atoms with E-state index in [1.807, 2.05) is 82.6 Å². The van der Waals surface area contributed by atoms with E-state index >= 15 is 0 Å². The van der Waals surface area contributed by atoms with E-state index in [0.29, 0.717) is 37.4 Å². The van der Waals surface area contributed by atoms with Gasteiger partial charge in [-0.1, -0.05) is 48.5 Å². The summed E-state index contributed by atoms with van der Waals surface area (Å²) in [4.78, 5) is 59.3. The first-order chi connectivity index (χ1) is 31.3. The highest BCUT2D eigenvalue weighted by Gasteiger charge is 2.28. The van der Waals surface area contributed by atoms with Crippen molar-refractivity contribution in [2.24, 2.45) is 0 Å². The Kier molecular flexibility index (Phi) is 20.2. The molecule has 2 fully saturated rings. The lowest BCUT2D eigenvalue weighted by molar-refractivity contribution is -0.118. The smallest absolute Gasteiger partial charge is 0.411 e. The zero-order valence-electron chi connectivity index (χ0n) is 38.2. The van der Waals surface area contributed by atoms with Crippen LogP contribution >= 0.6 is 12.4 Å². The fourth-order valence-corrected chi connectivity index (χ4v) is 8.69. The third-order valence-corrected chi connectivity index (χ3v) is 11.9. The lowest BCUT2D eigenvalue weighted by atomic mass is 10.0. The molecule has 4 aromatic rings. The van der Waals surface area contributed by atoms with E-state index in [0.717, 1.165) is 149 Å². The summed E-state index contributed by atoms with van der Waals surface area (Å²) in [7, 11) is 0. The minimum atomic E-state index is -0.496. The van der Waals surface area contributed by atoms with Gasteiger partial charge in [-0.3, -0.25) is 39.8 Å². The monoisotopic (exact) mass is 928 g/mol. The van der Waals surface area contributed by atoms with E-state index < -0.39 is 12.2 Å². The quantitative estimate of drug-likeness (QED) is 0.142. The number of halogens is 1. The number of morpholine rings is 2. The zero-order valence-corrected chi connectivity index (χ0v) is 39.0. The molecule has 4 N–H and O–H groups in total. The van der Waals surface area contributed by atoms with Gasteiger partial charge in [-0.05, 0) is 124 Å². The molecule has 0 saturated carbocycles. The summed E-state index contributed by atoms with van der Waals surface area (Å²) in [5.74, 6) is 0.143. The number of nitrogens with one attached hydrogen (secondary N) is 2. The van der Waals surface area contributed by atoms with Crippen molar-refractivity contribution in [2.45, 2.75) is 65.2 Å². The molecule has 0 unspecified atom stereocenters. The van der Waals surface area contributed by atoms with Crippen molar-refractivity contribution in [3.63, 3.8) is 0 Å². The van der Waals surface area contributed by atoms with Crippen LogP contribution < -0.4 is 20.4 Å². The van der Waals surface area contributed by atoms with Crippen LogP contribution in [0.25, 0.3) is 0 Å². The van der Waals surface area contributed by atoms with Gasteiger partial charge in [0.25, 0.3) is 0 Å².